The molecule has 0 unspecified atom stereocenters. The summed E-state index contributed by atoms with van der Waals surface area (Å²) in [4.78, 5) is 15.7. The van der Waals surface area contributed by atoms with Gasteiger partial charge in [0.15, 0.2) is 5.69 Å². The standard InChI is InChI=1S/C11H8ClNO2S/c1-7-13-10(6-16-7)11(14)15-9-4-2-3-8(12)5-9/h2-6H,1H3. The second-order valence-corrected chi connectivity index (χ2v) is 4.60. The summed E-state index contributed by atoms with van der Waals surface area (Å²) in [6.45, 7) is 1.83. The monoisotopic (exact) mass is 253 g/mol. The summed E-state index contributed by atoms with van der Waals surface area (Å²) in [7, 11) is 0. The first-order valence-corrected chi connectivity index (χ1v) is 5.81. The van der Waals surface area contributed by atoms with E-state index in [4.69, 9.17) is 16.3 Å². The van der Waals surface area contributed by atoms with Crippen LogP contribution in [0.25, 0.3) is 0 Å². The molecule has 0 radical (unpaired) electrons. The maximum Gasteiger partial charge on any atom is 0.363 e. The van der Waals surface area contributed by atoms with Gasteiger partial charge in [-0.25, -0.2) is 9.78 Å². The Balaban J connectivity index is 2.13. The SMILES string of the molecule is Cc1nc(C(=O)Oc2cccc(Cl)c2)cs1. The Labute approximate surface area is 102 Å². The number of carbonyl (C=O) groups excluding carboxylic acids is 1. The molecule has 0 saturated carbocycles. The van der Waals surface area contributed by atoms with E-state index in [1.807, 2.05) is 6.92 Å². The average molecular weight is 254 g/mol. The molecule has 0 fully saturated rings. The number of esters is 1. The van der Waals surface area contributed by atoms with Gasteiger partial charge < -0.3 is 4.74 Å². The number of nitrogens with zero attached hydrogens (tertiary/aromatic N) is 1. The molecule has 0 aliphatic carbocycles. The molecule has 0 amide bonds. The molecule has 0 aliphatic rings. The zero-order chi connectivity index (χ0) is 11.5. The molecule has 0 spiro atoms. The lowest BCUT2D eigenvalue weighted by Crippen LogP contribution is -2.08. The van der Waals surface area contributed by atoms with Crippen molar-refractivity contribution in [1.29, 1.82) is 0 Å². The van der Waals surface area contributed by atoms with Gasteiger partial charge in [0.05, 0.1) is 5.01 Å². The number of carbonyl (C=O) groups is 1. The fraction of sp³-hybridized carbons (Fsp3) is 0.0909. The molecule has 0 aliphatic heterocycles. The quantitative estimate of drug-likeness (QED) is 0.609. The molecule has 2 rings (SSSR count). The summed E-state index contributed by atoms with van der Waals surface area (Å²) >= 11 is 7.18. The van der Waals surface area contributed by atoms with E-state index in [0.717, 1.165) is 5.01 Å². The van der Waals surface area contributed by atoms with Crippen LogP contribution in [0.3, 0.4) is 0 Å². The van der Waals surface area contributed by atoms with Crippen molar-refractivity contribution in [2.24, 2.45) is 0 Å². The summed E-state index contributed by atoms with van der Waals surface area (Å²) in [5.41, 5.74) is 0.322. The van der Waals surface area contributed by atoms with Crippen molar-refractivity contribution >= 4 is 28.9 Å². The minimum absolute atomic E-state index is 0.322. The molecule has 5 heteroatoms. The smallest absolute Gasteiger partial charge is 0.363 e. The molecular formula is C11H8ClNO2S. The van der Waals surface area contributed by atoms with Crippen LogP contribution in [0.5, 0.6) is 5.75 Å². The average Bonchev–Trinajstić information content (AvgIpc) is 2.65. The van der Waals surface area contributed by atoms with Crippen molar-refractivity contribution in [1.82, 2.24) is 4.98 Å². The first-order chi connectivity index (χ1) is 7.65. The van der Waals surface area contributed by atoms with Crippen molar-refractivity contribution in [3.8, 4) is 5.75 Å². The van der Waals surface area contributed by atoms with Crippen LogP contribution in [-0.4, -0.2) is 11.0 Å². The summed E-state index contributed by atoms with van der Waals surface area (Å²) in [5, 5.41) is 3.03. The van der Waals surface area contributed by atoms with Crippen LogP contribution in [-0.2, 0) is 0 Å². The van der Waals surface area contributed by atoms with Crippen molar-refractivity contribution < 1.29 is 9.53 Å². The van der Waals surface area contributed by atoms with E-state index in [9.17, 15) is 4.79 Å². The van der Waals surface area contributed by atoms with Crippen LogP contribution in [0.4, 0.5) is 0 Å². The highest BCUT2D eigenvalue weighted by Crippen LogP contribution is 2.18. The highest BCUT2D eigenvalue weighted by atomic mass is 35.5. The second-order valence-electron chi connectivity index (χ2n) is 3.10. The summed E-state index contributed by atoms with van der Waals surface area (Å²) in [5.74, 6) is -0.0465. The molecule has 3 nitrogen and oxygen atoms in total. The Morgan fingerprint density at radius 1 is 1.50 bits per heavy atom. The van der Waals surface area contributed by atoms with Gasteiger partial charge in [-0.15, -0.1) is 11.3 Å². The number of ether oxygens (including phenoxy) is 1. The van der Waals surface area contributed by atoms with E-state index in [-0.39, 0.29) is 0 Å². The predicted octanol–water partition coefficient (Wildman–Crippen LogP) is 3.32. The highest BCUT2D eigenvalue weighted by molar-refractivity contribution is 7.09. The Hall–Kier alpha value is -1.39. The second kappa shape index (κ2) is 4.63. The van der Waals surface area contributed by atoms with E-state index in [1.165, 1.54) is 11.3 Å². The van der Waals surface area contributed by atoms with E-state index in [1.54, 1.807) is 29.6 Å². The van der Waals surface area contributed by atoms with Crippen molar-refractivity contribution in [3.05, 3.63) is 45.4 Å². The Bertz CT molecular complexity index is 524. The minimum Gasteiger partial charge on any atom is -0.422 e. The van der Waals surface area contributed by atoms with Crippen LogP contribution >= 0.6 is 22.9 Å². The number of rotatable bonds is 2. The molecule has 82 valence electrons. The van der Waals surface area contributed by atoms with E-state index in [0.29, 0.717) is 16.5 Å². The summed E-state index contributed by atoms with van der Waals surface area (Å²) in [6.07, 6.45) is 0. The van der Waals surface area contributed by atoms with Crippen molar-refractivity contribution in [2.75, 3.05) is 0 Å². The van der Waals surface area contributed by atoms with Crippen molar-refractivity contribution in [3.63, 3.8) is 0 Å². The third-order valence-electron chi connectivity index (χ3n) is 1.83. The fourth-order valence-electron chi connectivity index (χ4n) is 1.15. The number of hydrogen-bond acceptors (Lipinski definition) is 4. The molecule has 0 N–H and O–H groups in total. The Morgan fingerprint density at radius 3 is 2.94 bits per heavy atom. The van der Waals surface area contributed by atoms with Gasteiger partial charge in [0, 0.05) is 10.4 Å². The maximum atomic E-state index is 11.6. The zero-order valence-corrected chi connectivity index (χ0v) is 10.0. The van der Waals surface area contributed by atoms with Gasteiger partial charge in [-0.05, 0) is 25.1 Å². The predicted molar refractivity (Wildman–Crippen MR) is 63.3 cm³/mol. The number of thiazole rings is 1. The van der Waals surface area contributed by atoms with Gasteiger partial charge in [-0.2, -0.15) is 0 Å². The molecule has 2 aromatic rings. The van der Waals surface area contributed by atoms with E-state index >= 15 is 0 Å². The first-order valence-electron chi connectivity index (χ1n) is 4.55. The molecule has 0 bridgehead atoms. The molecule has 1 heterocycles. The van der Waals surface area contributed by atoms with Crippen LogP contribution in [0, 0.1) is 6.92 Å². The van der Waals surface area contributed by atoms with Crippen molar-refractivity contribution in [2.45, 2.75) is 6.92 Å². The lowest BCUT2D eigenvalue weighted by molar-refractivity contribution is 0.0729. The van der Waals surface area contributed by atoms with Gasteiger partial charge in [0.2, 0.25) is 0 Å². The lowest BCUT2D eigenvalue weighted by Gasteiger charge is -2.01. The Kier molecular flexibility index (Phi) is 3.22. The molecule has 1 aromatic carbocycles. The molecule has 0 saturated heterocycles. The number of aryl methyl sites for hydroxylation is 1. The van der Waals surface area contributed by atoms with Crippen LogP contribution < -0.4 is 4.74 Å². The normalized spacial score (nSPS) is 10.1. The molecule has 0 atom stereocenters. The zero-order valence-electron chi connectivity index (χ0n) is 8.44. The van der Waals surface area contributed by atoms with Gasteiger partial charge in [-0.3, -0.25) is 0 Å². The highest BCUT2D eigenvalue weighted by Gasteiger charge is 2.11. The molecule has 1 aromatic heterocycles. The topological polar surface area (TPSA) is 39.2 Å². The lowest BCUT2D eigenvalue weighted by atomic mass is 10.3. The van der Waals surface area contributed by atoms with Gasteiger partial charge in [-0.1, -0.05) is 17.7 Å². The number of halogens is 1. The third kappa shape index (κ3) is 2.59. The van der Waals surface area contributed by atoms with E-state index < -0.39 is 5.97 Å². The molecular weight excluding hydrogens is 246 g/mol. The largest absolute Gasteiger partial charge is 0.422 e. The van der Waals surface area contributed by atoms with Gasteiger partial charge in [0.25, 0.3) is 0 Å². The Morgan fingerprint density at radius 2 is 2.31 bits per heavy atom. The van der Waals surface area contributed by atoms with Crippen LogP contribution in [0.1, 0.15) is 15.5 Å². The van der Waals surface area contributed by atoms with Gasteiger partial charge in [0.1, 0.15) is 5.75 Å². The van der Waals surface area contributed by atoms with E-state index in [2.05, 4.69) is 4.98 Å². The fourth-order valence-corrected chi connectivity index (χ4v) is 1.91. The maximum absolute atomic E-state index is 11.6. The van der Waals surface area contributed by atoms with Crippen LogP contribution in [0.15, 0.2) is 29.6 Å². The number of hydrogen-bond donors (Lipinski definition) is 0. The first kappa shape index (κ1) is 11.1. The number of benzene rings is 1. The minimum atomic E-state index is -0.466. The summed E-state index contributed by atoms with van der Waals surface area (Å²) in [6, 6.07) is 6.69. The summed E-state index contributed by atoms with van der Waals surface area (Å²) < 4.78 is 5.12. The third-order valence-corrected chi connectivity index (χ3v) is 2.84. The molecule has 16 heavy (non-hydrogen) atoms. The van der Waals surface area contributed by atoms with Gasteiger partial charge >= 0.3 is 5.97 Å². The van der Waals surface area contributed by atoms with Crippen LogP contribution in [0.2, 0.25) is 5.02 Å². The number of aromatic nitrogens is 1.